The number of aliphatic carboxylic acids is 1. The summed E-state index contributed by atoms with van der Waals surface area (Å²) in [5, 5.41) is 12.3. The number of rotatable bonds is 2. The molecule has 0 saturated carbocycles. The lowest BCUT2D eigenvalue weighted by Gasteiger charge is -2.00. The second-order valence-electron chi connectivity index (χ2n) is 4.98. The molecule has 0 atom stereocenters. The van der Waals surface area contributed by atoms with E-state index in [0.29, 0.717) is 5.69 Å². The molecule has 0 aliphatic carbocycles. The quantitative estimate of drug-likeness (QED) is 0.692. The Morgan fingerprint density at radius 3 is 2.46 bits per heavy atom. The van der Waals surface area contributed by atoms with Crippen LogP contribution in [0.3, 0.4) is 0 Å². The van der Waals surface area contributed by atoms with Crippen LogP contribution in [0.25, 0.3) is 22.0 Å². The summed E-state index contributed by atoms with van der Waals surface area (Å²) in [5.74, 6) is -3.15. The van der Waals surface area contributed by atoms with Gasteiger partial charge in [-0.2, -0.15) is 18.3 Å². The number of aromatic nitrogens is 2. The number of hydrogen-bond acceptors (Lipinski definition) is 5. The molecule has 3 aromatic rings. The van der Waals surface area contributed by atoms with Crippen molar-refractivity contribution in [2.45, 2.75) is 6.18 Å². The molecule has 0 unspecified atom stereocenters. The van der Waals surface area contributed by atoms with Crippen LogP contribution in [0.4, 0.5) is 13.2 Å². The van der Waals surface area contributed by atoms with Crippen LogP contribution in [0.15, 0.2) is 41.2 Å². The summed E-state index contributed by atoms with van der Waals surface area (Å²) in [5.41, 5.74) is 3.06. The van der Waals surface area contributed by atoms with Crippen molar-refractivity contribution in [3.8, 4) is 11.1 Å². The van der Waals surface area contributed by atoms with E-state index in [0.717, 1.165) is 22.0 Å². The summed E-state index contributed by atoms with van der Waals surface area (Å²) in [7, 11) is 3.09. The van der Waals surface area contributed by atoms with Gasteiger partial charge >= 0.3 is 18.1 Å². The van der Waals surface area contributed by atoms with Crippen LogP contribution in [0.2, 0.25) is 0 Å². The summed E-state index contributed by atoms with van der Waals surface area (Å²) < 4.78 is 43.2. The van der Waals surface area contributed by atoms with Crippen molar-refractivity contribution in [1.82, 2.24) is 9.78 Å². The second kappa shape index (κ2) is 7.30. The van der Waals surface area contributed by atoms with Crippen molar-refractivity contribution < 1.29 is 38.4 Å². The van der Waals surface area contributed by atoms with E-state index in [2.05, 4.69) is 5.10 Å². The first-order valence-corrected chi connectivity index (χ1v) is 7.03. The third-order valence-electron chi connectivity index (χ3n) is 3.32. The first-order chi connectivity index (χ1) is 12.2. The molecule has 2 heterocycles. The number of nitrogens with zero attached hydrogens (tertiary/aromatic N) is 2. The van der Waals surface area contributed by atoms with Crippen LogP contribution in [0.1, 0.15) is 11.9 Å². The Bertz CT molecular complexity index is 936. The minimum Gasteiger partial charge on any atom is -0.475 e. The molecule has 0 fully saturated rings. The number of benzene rings is 1. The van der Waals surface area contributed by atoms with E-state index >= 15 is 0 Å². The highest BCUT2D eigenvalue weighted by molar-refractivity contribution is 6.06. The molecule has 0 aliphatic rings. The number of esters is 1. The maximum absolute atomic E-state index is 11.8. The van der Waals surface area contributed by atoms with E-state index < -0.39 is 18.1 Å². The van der Waals surface area contributed by atoms with E-state index in [-0.39, 0.29) is 1.43 Å². The Morgan fingerprint density at radius 1 is 1.31 bits per heavy atom. The molecule has 7 nitrogen and oxygen atoms in total. The van der Waals surface area contributed by atoms with Gasteiger partial charge in [-0.1, -0.05) is 18.2 Å². The lowest BCUT2D eigenvalue weighted by molar-refractivity contribution is -0.192. The van der Waals surface area contributed by atoms with Gasteiger partial charge in [0.25, 0.3) is 0 Å². The summed E-state index contributed by atoms with van der Waals surface area (Å²) in [6.07, 6.45) is -1.82. The van der Waals surface area contributed by atoms with Crippen molar-refractivity contribution in [3.63, 3.8) is 0 Å². The van der Waals surface area contributed by atoms with Gasteiger partial charge in [0.2, 0.25) is 0 Å². The molecular formula is C16H15F3N2O5. The van der Waals surface area contributed by atoms with E-state index in [1.54, 1.807) is 24.3 Å². The third kappa shape index (κ3) is 3.85. The van der Waals surface area contributed by atoms with Gasteiger partial charge in [-0.3, -0.25) is 4.68 Å². The molecule has 0 aliphatic heterocycles. The van der Waals surface area contributed by atoms with Crippen LogP contribution in [-0.2, 0) is 16.6 Å². The second-order valence-corrected chi connectivity index (χ2v) is 4.98. The number of ether oxygens (including phenoxy) is 1. The fourth-order valence-corrected chi connectivity index (χ4v) is 2.21. The average molecular weight is 372 g/mol. The number of methoxy groups -OCH3 is 1. The van der Waals surface area contributed by atoms with E-state index in [9.17, 15) is 18.0 Å². The topological polar surface area (TPSA) is 94.6 Å². The molecular weight excluding hydrogens is 357 g/mol. The zero-order valence-electron chi connectivity index (χ0n) is 13.6. The monoisotopic (exact) mass is 372 g/mol. The molecule has 140 valence electrons. The zero-order valence-corrected chi connectivity index (χ0v) is 13.6. The fourth-order valence-electron chi connectivity index (χ4n) is 2.21. The number of furan rings is 1. The van der Waals surface area contributed by atoms with Gasteiger partial charge in [0.15, 0.2) is 5.69 Å². The zero-order chi connectivity index (χ0) is 19.5. The molecule has 0 spiro atoms. The summed E-state index contributed by atoms with van der Waals surface area (Å²) in [4.78, 5) is 20.7. The lowest BCUT2D eigenvalue weighted by atomic mass is 10.1. The van der Waals surface area contributed by atoms with Gasteiger partial charge < -0.3 is 14.3 Å². The van der Waals surface area contributed by atoms with E-state index in [4.69, 9.17) is 19.1 Å². The highest BCUT2D eigenvalue weighted by atomic mass is 19.4. The Balaban J connectivity index is 0.000000395. The summed E-state index contributed by atoms with van der Waals surface area (Å²) in [6.45, 7) is 0. The number of aryl methyl sites for hydroxylation is 1. The number of carboxylic acids is 1. The molecule has 1 N–H and O–H groups in total. The maximum atomic E-state index is 11.8. The minimum absolute atomic E-state index is 0. The van der Waals surface area contributed by atoms with Crippen molar-refractivity contribution in [2.75, 3.05) is 7.11 Å². The highest BCUT2D eigenvalue weighted by Crippen LogP contribution is 2.30. The van der Waals surface area contributed by atoms with Gasteiger partial charge in [-0.15, -0.1) is 0 Å². The largest absolute Gasteiger partial charge is 0.490 e. The number of carbonyl (C=O) groups is 2. The Morgan fingerprint density at radius 2 is 1.96 bits per heavy atom. The molecule has 0 amide bonds. The Labute approximate surface area is 146 Å². The molecule has 26 heavy (non-hydrogen) atoms. The van der Waals surface area contributed by atoms with E-state index in [1.165, 1.54) is 7.11 Å². The molecule has 0 radical (unpaired) electrons. The van der Waals surface area contributed by atoms with Gasteiger partial charge in [-0.05, 0) is 6.07 Å². The van der Waals surface area contributed by atoms with Crippen molar-refractivity contribution in [2.24, 2.45) is 7.05 Å². The van der Waals surface area contributed by atoms with Gasteiger partial charge in [-0.25, -0.2) is 9.59 Å². The van der Waals surface area contributed by atoms with Crippen molar-refractivity contribution in [1.29, 1.82) is 0 Å². The molecule has 0 saturated heterocycles. The van der Waals surface area contributed by atoms with Crippen LogP contribution in [0, 0.1) is 0 Å². The number of halogens is 3. The predicted octanol–water partition coefficient (Wildman–Crippen LogP) is 3.50. The number of carboxylic acid groups (broad SMARTS) is 1. The normalized spacial score (nSPS) is 11.0. The van der Waals surface area contributed by atoms with Gasteiger partial charge in [0.1, 0.15) is 5.52 Å². The first-order valence-electron chi connectivity index (χ1n) is 7.03. The van der Waals surface area contributed by atoms with E-state index in [1.807, 2.05) is 24.3 Å². The Hall–Kier alpha value is -3.30. The van der Waals surface area contributed by atoms with Gasteiger partial charge in [0.05, 0.1) is 19.6 Å². The molecule has 2 aromatic heterocycles. The number of hydrogen-bond donors (Lipinski definition) is 1. The smallest absolute Gasteiger partial charge is 0.475 e. The van der Waals surface area contributed by atoms with Crippen LogP contribution in [0.5, 0.6) is 0 Å². The summed E-state index contributed by atoms with van der Waals surface area (Å²) in [6, 6.07) is 7.56. The number of carbonyl (C=O) groups excluding carboxylic acids is 1. The predicted molar refractivity (Wildman–Crippen MR) is 85.6 cm³/mol. The molecule has 1 aromatic carbocycles. The highest BCUT2D eigenvalue weighted by Gasteiger charge is 2.38. The first kappa shape index (κ1) is 19.0. The fraction of sp³-hybridized carbons (Fsp3) is 0.188. The standard InChI is InChI=1S/C14H12N2O3.C2HF3O2.H2/c1-16-13(14(17)18-2)11-5-3-4-10(12(11)15-16)9-6-7-19-8-9;3-2(4,5)1(6)7;/h3-8H,1-2H3;(H,6,7);1H. The maximum Gasteiger partial charge on any atom is 0.490 e. The SMILES string of the molecule is COC(=O)c1c2cccc(-c3ccoc3)c2nn1C.O=C(O)C(F)(F)F.[HH]. The van der Waals surface area contributed by atoms with Crippen LogP contribution < -0.4 is 0 Å². The summed E-state index contributed by atoms with van der Waals surface area (Å²) >= 11 is 0. The molecule has 10 heteroatoms. The minimum atomic E-state index is -5.08. The number of alkyl halides is 3. The van der Waals surface area contributed by atoms with Crippen LogP contribution >= 0.6 is 0 Å². The van der Waals surface area contributed by atoms with Crippen molar-refractivity contribution in [3.05, 3.63) is 42.5 Å². The number of fused-ring (bicyclic) bond motifs is 1. The molecule has 3 rings (SSSR count). The third-order valence-corrected chi connectivity index (χ3v) is 3.32. The van der Waals surface area contributed by atoms with Gasteiger partial charge in [0, 0.05) is 25.0 Å². The lowest BCUT2D eigenvalue weighted by Crippen LogP contribution is -2.21. The van der Waals surface area contributed by atoms with Crippen molar-refractivity contribution >= 4 is 22.8 Å². The van der Waals surface area contributed by atoms with Crippen LogP contribution in [-0.4, -0.2) is 40.1 Å². The average Bonchev–Trinajstić information content (AvgIpc) is 3.20. The Kier molecular flexibility index (Phi) is 5.34. The molecule has 0 bridgehead atoms.